The lowest BCUT2D eigenvalue weighted by atomic mass is 9.84. The molecule has 0 fully saturated rings. The minimum absolute atomic E-state index is 0.0641. The summed E-state index contributed by atoms with van der Waals surface area (Å²) < 4.78 is 24.2. The van der Waals surface area contributed by atoms with Gasteiger partial charge in [-0.05, 0) is 12.1 Å². The summed E-state index contributed by atoms with van der Waals surface area (Å²) >= 11 is 0. The molecule has 0 saturated heterocycles. The molecule has 28 heavy (non-hydrogen) atoms. The SMILES string of the molecule is O=C1NS(=O)(=O)c2ccccc21.O=C1c2ccccc2C(=O)c2ccccc21. The van der Waals surface area contributed by atoms with Crippen LogP contribution in [-0.4, -0.2) is 25.9 Å². The van der Waals surface area contributed by atoms with Crippen LogP contribution in [0.5, 0.6) is 0 Å². The number of benzene rings is 3. The Hall–Kier alpha value is -3.58. The molecule has 138 valence electrons. The second kappa shape index (κ2) is 6.54. The maximum Gasteiger partial charge on any atom is 0.266 e. The van der Waals surface area contributed by atoms with E-state index in [0.717, 1.165) is 0 Å². The van der Waals surface area contributed by atoms with E-state index in [2.05, 4.69) is 0 Å². The Morgan fingerprint density at radius 1 is 0.536 bits per heavy atom. The van der Waals surface area contributed by atoms with E-state index in [-0.39, 0.29) is 22.0 Å². The van der Waals surface area contributed by atoms with Crippen molar-refractivity contribution in [3.8, 4) is 0 Å². The van der Waals surface area contributed by atoms with Crippen molar-refractivity contribution in [1.29, 1.82) is 0 Å². The molecule has 1 aliphatic heterocycles. The van der Waals surface area contributed by atoms with Crippen LogP contribution in [-0.2, 0) is 10.0 Å². The van der Waals surface area contributed by atoms with Crippen molar-refractivity contribution in [2.45, 2.75) is 4.90 Å². The molecule has 0 atom stereocenters. The first kappa shape index (κ1) is 17.8. The predicted octanol–water partition coefficient (Wildman–Crippen LogP) is 2.58. The topological polar surface area (TPSA) is 97.4 Å². The number of hydrogen-bond acceptors (Lipinski definition) is 5. The third kappa shape index (κ3) is 2.82. The van der Waals surface area contributed by atoms with Gasteiger partial charge in [0, 0.05) is 22.3 Å². The normalized spacial score (nSPS) is 15.5. The van der Waals surface area contributed by atoms with Gasteiger partial charge in [-0.3, -0.25) is 14.4 Å². The fraction of sp³-hybridized carbons (Fsp3) is 0. The summed E-state index contributed by atoms with van der Waals surface area (Å²) in [5.74, 6) is -0.679. The molecule has 3 aromatic carbocycles. The highest BCUT2D eigenvalue weighted by atomic mass is 32.2. The van der Waals surface area contributed by atoms with Gasteiger partial charge in [0.25, 0.3) is 15.9 Å². The highest BCUT2D eigenvalue weighted by Crippen LogP contribution is 2.26. The minimum Gasteiger partial charge on any atom is -0.289 e. The summed E-state index contributed by atoms with van der Waals surface area (Å²) in [6.45, 7) is 0. The summed E-state index contributed by atoms with van der Waals surface area (Å²) in [6, 6.07) is 20.0. The molecule has 0 spiro atoms. The Morgan fingerprint density at radius 3 is 1.29 bits per heavy atom. The molecule has 6 nitrogen and oxygen atoms in total. The summed E-state index contributed by atoms with van der Waals surface area (Å²) in [7, 11) is -3.55. The Morgan fingerprint density at radius 2 is 0.893 bits per heavy atom. The van der Waals surface area contributed by atoms with Crippen molar-refractivity contribution < 1.29 is 22.8 Å². The van der Waals surface area contributed by atoms with E-state index in [0.29, 0.717) is 22.3 Å². The molecule has 1 aliphatic carbocycles. The van der Waals surface area contributed by atoms with Crippen LogP contribution in [0.4, 0.5) is 0 Å². The second-order valence-corrected chi connectivity index (χ2v) is 7.83. The number of nitrogens with one attached hydrogen (secondary N) is 1. The number of rotatable bonds is 0. The van der Waals surface area contributed by atoms with E-state index in [9.17, 15) is 22.8 Å². The van der Waals surface area contributed by atoms with Crippen LogP contribution < -0.4 is 4.72 Å². The first-order chi connectivity index (χ1) is 13.4. The van der Waals surface area contributed by atoms with Gasteiger partial charge in [0.2, 0.25) is 0 Å². The lowest BCUT2D eigenvalue weighted by Crippen LogP contribution is -2.20. The third-order valence-corrected chi connectivity index (χ3v) is 5.87. The summed E-state index contributed by atoms with van der Waals surface area (Å²) in [5, 5.41) is 0. The molecule has 1 amide bonds. The zero-order chi connectivity index (χ0) is 19.9. The molecule has 1 N–H and O–H groups in total. The van der Waals surface area contributed by atoms with Gasteiger partial charge < -0.3 is 0 Å². The van der Waals surface area contributed by atoms with Crippen molar-refractivity contribution in [3.05, 3.63) is 101 Å². The van der Waals surface area contributed by atoms with Crippen molar-refractivity contribution >= 4 is 27.5 Å². The zero-order valence-electron chi connectivity index (χ0n) is 14.4. The number of fused-ring (bicyclic) bond motifs is 3. The summed E-state index contributed by atoms with van der Waals surface area (Å²) in [5.41, 5.74) is 2.24. The molecule has 0 saturated carbocycles. The molecule has 3 aromatic rings. The molecular formula is C21H13NO5S. The lowest BCUT2D eigenvalue weighted by molar-refractivity contribution is 0.0979. The molecular weight excluding hydrogens is 378 g/mol. The largest absolute Gasteiger partial charge is 0.289 e. The number of sulfonamides is 1. The summed E-state index contributed by atoms with van der Waals surface area (Å²) in [4.78, 5) is 35.3. The highest BCUT2D eigenvalue weighted by Gasteiger charge is 2.31. The Bertz CT molecular complexity index is 1160. The lowest BCUT2D eigenvalue weighted by Gasteiger charge is -2.16. The first-order valence-electron chi connectivity index (χ1n) is 8.34. The molecule has 0 bridgehead atoms. The van der Waals surface area contributed by atoms with Gasteiger partial charge in [0.05, 0.1) is 5.56 Å². The fourth-order valence-corrected chi connectivity index (χ4v) is 4.34. The summed E-state index contributed by atoms with van der Waals surface area (Å²) in [6.07, 6.45) is 0. The van der Waals surface area contributed by atoms with Crippen LogP contribution in [0.15, 0.2) is 77.7 Å². The van der Waals surface area contributed by atoms with Crippen molar-refractivity contribution in [2.75, 3.05) is 0 Å². The monoisotopic (exact) mass is 391 g/mol. The van der Waals surface area contributed by atoms with Crippen LogP contribution >= 0.6 is 0 Å². The van der Waals surface area contributed by atoms with E-state index in [1.165, 1.54) is 12.1 Å². The molecule has 0 unspecified atom stereocenters. The maximum atomic E-state index is 12.1. The van der Waals surface area contributed by atoms with Gasteiger partial charge in [-0.15, -0.1) is 0 Å². The smallest absolute Gasteiger partial charge is 0.266 e. The van der Waals surface area contributed by atoms with Crippen molar-refractivity contribution in [3.63, 3.8) is 0 Å². The molecule has 0 aromatic heterocycles. The Kier molecular flexibility index (Phi) is 4.16. The minimum atomic E-state index is -3.55. The van der Waals surface area contributed by atoms with Gasteiger partial charge in [-0.2, -0.15) is 0 Å². The van der Waals surface area contributed by atoms with Gasteiger partial charge in [0.15, 0.2) is 11.6 Å². The van der Waals surface area contributed by atoms with E-state index in [1.807, 2.05) is 4.72 Å². The van der Waals surface area contributed by atoms with E-state index in [1.54, 1.807) is 60.7 Å². The van der Waals surface area contributed by atoms with E-state index < -0.39 is 15.9 Å². The average molecular weight is 391 g/mol. The van der Waals surface area contributed by atoms with Crippen molar-refractivity contribution in [1.82, 2.24) is 4.72 Å². The van der Waals surface area contributed by atoms with Crippen LogP contribution in [0.25, 0.3) is 0 Å². The fourth-order valence-electron chi connectivity index (χ4n) is 3.17. The molecule has 2 aliphatic rings. The average Bonchev–Trinajstić information content (AvgIpc) is 2.96. The van der Waals surface area contributed by atoms with Crippen LogP contribution in [0, 0.1) is 0 Å². The molecule has 5 rings (SSSR count). The number of carbonyl (C=O) groups excluding carboxylic acids is 3. The first-order valence-corrected chi connectivity index (χ1v) is 9.82. The maximum absolute atomic E-state index is 12.1. The highest BCUT2D eigenvalue weighted by molar-refractivity contribution is 7.90. The van der Waals surface area contributed by atoms with Gasteiger partial charge in [0.1, 0.15) is 4.90 Å². The van der Waals surface area contributed by atoms with Crippen LogP contribution in [0.2, 0.25) is 0 Å². The Labute approximate surface area is 160 Å². The molecule has 1 heterocycles. The van der Waals surface area contributed by atoms with Crippen molar-refractivity contribution in [2.24, 2.45) is 0 Å². The number of ketones is 2. The van der Waals surface area contributed by atoms with Gasteiger partial charge in [-0.25, -0.2) is 13.1 Å². The van der Waals surface area contributed by atoms with E-state index >= 15 is 0 Å². The predicted molar refractivity (Wildman–Crippen MR) is 101 cm³/mol. The third-order valence-electron chi connectivity index (χ3n) is 4.48. The van der Waals surface area contributed by atoms with Gasteiger partial charge in [-0.1, -0.05) is 60.7 Å². The quantitative estimate of drug-likeness (QED) is 0.497. The second-order valence-electron chi connectivity index (χ2n) is 6.18. The Balaban J connectivity index is 0.000000143. The number of carbonyl (C=O) groups is 3. The zero-order valence-corrected chi connectivity index (χ0v) is 15.2. The van der Waals surface area contributed by atoms with Crippen LogP contribution in [0.1, 0.15) is 42.2 Å². The molecule has 0 radical (unpaired) electrons. The number of hydrogen-bond donors (Lipinski definition) is 1. The van der Waals surface area contributed by atoms with E-state index in [4.69, 9.17) is 0 Å². The number of amides is 1. The van der Waals surface area contributed by atoms with Gasteiger partial charge >= 0.3 is 0 Å². The standard InChI is InChI=1S/C14H8O2.C7H5NO3S/c15-13-9-5-1-2-6-10(9)14(16)12-8-4-3-7-11(12)13;9-7-5-3-1-2-4-6(5)12(10,11)8-7/h1-8H;1-4H,(H,8,9). The molecule has 7 heteroatoms. The van der Waals surface area contributed by atoms with Crippen LogP contribution in [0.3, 0.4) is 0 Å².